The molecule has 0 aliphatic rings. The van der Waals surface area contributed by atoms with Gasteiger partial charge in [-0.25, -0.2) is 4.68 Å². The average Bonchev–Trinajstić information content (AvgIpc) is 3.14. The summed E-state index contributed by atoms with van der Waals surface area (Å²) in [5.74, 6) is 0.474. The molecule has 2 aromatic carbocycles. The summed E-state index contributed by atoms with van der Waals surface area (Å²) in [6, 6.07) is 24.3. The highest BCUT2D eigenvalue weighted by molar-refractivity contribution is 5.70. The first-order valence-electron chi connectivity index (χ1n) is 9.49. The molecule has 140 valence electrons. The molecule has 4 heteroatoms. The Morgan fingerprint density at radius 2 is 1.64 bits per heavy atom. The van der Waals surface area contributed by atoms with Crippen molar-refractivity contribution in [3.8, 4) is 28.2 Å². The lowest BCUT2D eigenvalue weighted by molar-refractivity contribution is 0.856. The fraction of sp³-hybridized carbons (Fsp3) is 0.167. The first-order valence-corrected chi connectivity index (χ1v) is 9.49. The summed E-state index contributed by atoms with van der Waals surface area (Å²) in [7, 11) is 0. The number of benzene rings is 2. The van der Waals surface area contributed by atoms with Crippen LogP contribution in [0.15, 0.2) is 77.6 Å². The van der Waals surface area contributed by atoms with E-state index in [1.54, 1.807) is 0 Å². The van der Waals surface area contributed by atoms with Crippen molar-refractivity contribution in [1.82, 2.24) is 14.8 Å². The molecule has 0 aliphatic carbocycles. The molecule has 4 rings (SSSR count). The van der Waals surface area contributed by atoms with Crippen LogP contribution in [0.1, 0.15) is 31.0 Å². The Morgan fingerprint density at radius 1 is 0.929 bits per heavy atom. The maximum absolute atomic E-state index is 12.4. The number of rotatable bonds is 4. The largest absolute Gasteiger partial charge is 0.326 e. The number of aromatic amines is 1. The maximum atomic E-state index is 12.4. The van der Waals surface area contributed by atoms with Gasteiger partial charge in [0.05, 0.1) is 22.6 Å². The standard InChI is InChI=1S/C24H23N3O/c1-16(2)18-10-12-20(13-11-18)27-23(19-7-5-4-6-8-19)15-22(26-27)21-14-9-17(3)25-24(21)28/h4-16H,1-3H3,(H,25,28). The summed E-state index contributed by atoms with van der Waals surface area (Å²) >= 11 is 0. The van der Waals surface area contributed by atoms with Crippen LogP contribution >= 0.6 is 0 Å². The number of nitrogens with one attached hydrogen (secondary N) is 1. The first kappa shape index (κ1) is 18.0. The van der Waals surface area contributed by atoms with E-state index in [1.165, 1.54) is 5.56 Å². The van der Waals surface area contributed by atoms with E-state index in [0.717, 1.165) is 22.6 Å². The molecule has 28 heavy (non-hydrogen) atoms. The molecule has 0 unspecified atom stereocenters. The molecule has 4 aromatic rings. The van der Waals surface area contributed by atoms with Gasteiger partial charge in [-0.1, -0.05) is 56.3 Å². The molecule has 2 heterocycles. The molecule has 0 amide bonds. The van der Waals surface area contributed by atoms with E-state index in [4.69, 9.17) is 5.10 Å². The van der Waals surface area contributed by atoms with Crippen molar-refractivity contribution in [2.45, 2.75) is 26.7 Å². The molecule has 0 radical (unpaired) electrons. The Hall–Kier alpha value is -3.40. The van der Waals surface area contributed by atoms with Gasteiger partial charge in [-0.15, -0.1) is 0 Å². The Labute approximate surface area is 164 Å². The van der Waals surface area contributed by atoms with Crippen molar-refractivity contribution >= 4 is 0 Å². The summed E-state index contributed by atoms with van der Waals surface area (Å²) in [6.45, 7) is 6.23. The van der Waals surface area contributed by atoms with Crippen molar-refractivity contribution in [3.05, 3.63) is 94.4 Å². The highest BCUT2D eigenvalue weighted by atomic mass is 16.1. The summed E-state index contributed by atoms with van der Waals surface area (Å²) in [4.78, 5) is 15.3. The van der Waals surface area contributed by atoms with E-state index in [1.807, 2.05) is 48.0 Å². The van der Waals surface area contributed by atoms with E-state index in [-0.39, 0.29) is 5.56 Å². The minimum absolute atomic E-state index is 0.126. The van der Waals surface area contributed by atoms with E-state index in [9.17, 15) is 4.79 Å². The van der Waals surface area contributed by atoms with Crippen LogP contribution in [0.2, 0.25) is 0 Å². The van der Waals surface area contributed by atoms with Crippen molar-refractivity contribution in [3.63, 3.8) is 0 Å². The maximum Gasteiger partial charge on any atom is 0.257 e. The molecular formula is C24H23N3O. The summed E-state index contributed by atoms with van der Waals surface area (Å²) in [5, 5.41) is 4.79. The van der Waals surface area contributed by atoms with Gasteiger partial charge >= 0.3 is 0 Å². The minimum atomic E-state index is -0.126. The zero-order valence-electron chi connectivity index (χ0n) is 16.3. The molecule has 4 nitrogen and oxygen atoms in total. The monoisotopic (exact) mass is 369 g/mol. The third-order valence-corrected chi connectivity index (χ3v) is 4.91. The molecule has 1 N–H and O–H groups in total. The number of aryl methyl sites for hydroxylation is 1. The lowest BCUT2D eigenvalue weighted by Gasteiger charge is -2.10. The Balaban J connectivity index is 1.89. The van der Waals surface area contributed by atoms with Crippen LogP contribution < -0.4 is 5.56 Å². The Bertz CT molecular complexity index is 1150. The normalized spacial score (nSPS) is 11.1. The van der Waals surface area contributed by atoms with Gasteiger partial charge in [0.15, 0.2) is 0 Å². The third-order valence-electron chi connectivity index (χ3n) is 4.91. The number of aromatic nitrogens is 3. The number of pyridine rings is 1. The molecule has 0 saturated heterocycles. The summed E-state index contributed by atoms with van der Waals surface area (Å²) < 4.78 is 1.91. The van der Waals surface area contributed by atoms with Gasteiger partial charge in [0.2, 0.25) is 0 Å². The van der Waals surface area contributed by atoms with Gasteiger partial charge in [0.1, 0.15) is 0 Å². The number of nitrogens with zero attached hydrogens (tertiary/aromatic N) is 2. The Kier molecular flexibility index (Phi) is 4.70. The SMILES string of the molecule is Cc1ccc(-c2cc(-c3ccccc3)n(-c3ccc(C(C)C)cc3)n2)c(=O)[nH]1. The predicted octanol–water partition coefficient (Wildman–Crippen LogP) is 5.33. The van der Waals surface area contributed by atoms with Crippen molar-refractivity contribution in [2.24, 2.45) is 0 Å². The second-order valence-corrected chi connectivity index (χ2v) is 7.32. The van der Waals surface area contributed by atoms with Gasteiger partial charge in [-0.2, -0.15) is 5.10 Å². The van der Waals surface area contributed by atoms with Crippen molar-refractivity contribution < 1.29 is 0 Å². The lowest BCUT2D eigenvalue weighted by Crippen LogP contribution is -2.10. The molecule has 0 fully saturated rings. The quantitative estimate of drug-likeness (QED) is 0.529. The van der Waals surface area contributed by atoms with Crippen molar-refractivity contribution in [1.29, 1.82) is 0 Å². The topological polar surface area (TPSA) is 50.7 Å². The second kappa shape index (κ2) is 7.31. The van der Waals surface area contributed by atoms with Gasteiger partial charge in [0, 0.05) is 11.3 Å². The zero-order chi connectivity index (χ0) is 19.7. The second-order valence-electron chi connectivity index (χ2n) is 7.32. The third kappa shape index (κ3) is 3.41. The Morgan fingerprint density at radius 3 is 2.29 bits per heavy atom. The van der Waals surface area contributed by atoms with Crippen LogP contribution in [-0.2, 0) is 0 Å². The predicted molar refractivity (Wildman–Crippen MR) is 114 cm³/mol. The number of H-pyrrole nitrogens is 1. The highest BCUT2D eigenvalue weighted by Gasteiger charge is 2.15. The zero-order valence-corrected chi connectivity index (χ0v) is 16.3. The first-order chi connectivity index (χ1) is 13.5. The van der Waals surface area contributed by atoms with E-state index >= 15 is 0 Å². The smallest absolute Gasteiger partial charge is 0.257 e. The van der Waals surface area contributed by atoms with Crippen LogP contribution in [0, 0.1) is 6.92 Å². The molecule has 0 saturated carbocycles. The van der Waals surface area contributed by atoms with E-state index in [2.05, 4.69) is 55.2 Å². The average molecular weight is 369 g/mol. The van der Waals surface area contributed by atoms with Crippen LogP contribution in [-0.4, -0.2) is 14.8 Å². The molecular weight excluding hydrogens is 346 g/mol. The highest BCUT2D eigenvalue weighted by Crippen LogP contribution is 2.28. The van der Waals surface area contributed by atoms with Gasteiger partial charge in [0.25, 0.3) is 5.56 Å². The van der Waals surface area contributed by atoms with Gasteiger partial charge in [-0.3, -0.25) is 4.79 Å². The van der Waals surface area contributed by atoms with Gasteiger partial charge < -0.3 is 4.98 Å². The fourth-order valence-corrected chi connectivity index (χ4v) is 3.30. The molecule has 0 bridgehead atoms. The lowest BCUT2D eigenvalue weighted by atomic mass is 10.0. The van der Waals surface area contributed by atoms with Crippen molar-refractivity contribution in [2.75, 3.05) is 0 Å². The number of hydrogen-bond donors (Lipinski definition) is 1. The van der Waals surface area contributed by atoms with Crippen LogP contribution in [0.4, 0.5) is 0 Å². The summed E-state index contributed by atoms with van der Waals surface area (Å²) in [5.41, 5.74) is 6.20. The summed E-state index contributed by atoms with van der Waals surface area (Å²) in [6.07, 6.45) is 0. The molecule has 2 aromatic heterocycles. The van der Waals surface area contributed by atoms with Crippen LogP contribution in [0.25, 0.3) is 28.2 Å². The fourth-order valence-electron chi connectivity index (χ4n) is 3.30. The molecule has 0 spiro atoms. The van der Waals surface area contributed by atoms with Crippen LogP contribution in [0.3, 0.4) is 0 Å². The van der Waals surface area contributed by atoms with Crippen LogP contribution in [0.5, 0.6) is 0 Å². The van der Waals surface area contributed by atoms with E-state index < -0.39 is 0 Å². The number of hydrogen-bond acceptors (Lipinski definition) is 2. The minimum Gasteiger partial charge on any atom is -0.326 e. The molecule has 0 aliphatic heterocycles. The molecule has 0 atom stereocenters. The van der Waals surface area contributed by atoms with E-state index in [0.29, 0.717) is 17.2 Å². The van der Waals surface area contributed by atoms with Gasteiger partial charge in [-0.05, 0) is 48.7 Å².